The van der Waals surface area contributed by atoms with Crippen molar-refractivity contribution >= 4 is 29.0 Å². The largest absolute Gasteiger partial charge is 0.487 e. The van der Waals surface area contributed by atoms with Crippen molar-refractivity contribution < 1.29 is 14.5 Å². The molecule has 2 aromatic rings. The molecule has 0 aliphatic carbocycles. The zero-order chi connectivity index (χ0) is 18.1. The van der Waals surface area contributed by atoms with E-state index in [0.717, 1.165) is 16.7 Å². The third kappa shape index (κ3) is 5.82. The number of carbonyl (C=O) groups excluding carboxylic acids is 1. The number of thiocyanates is 1. The van der Waals surface area contributed by atoms with E-state index in [1.165, 1.54) is 12.1 Å². The lowest BCUT2D eigenvalue weighted by Gasteiger charge is -2.07. The molecule has 8 heteroatoms. The molecule has 0 atom stereocenters. The average molecular weight is 357 g/mol. The van der Waals surface area contributed by atoms with Crippen LogP contribution in [0.3, 0.4) is 0 Å². The van der Waals surface area contributed by atoms with Gasteiger partial charge >= 0.3 is 5.69 Å². The predicted octanol–water partition coefficient (Wildman–Crippen LogP) is 3.97. The number of anilines is 1. The molecule has 0 fully saturated rings. The van der Waals surface area contributed by atoms with Crippen LogP contribution in [0.4, 0.5) is 11.4 Å². The van der Waals surface area contributed by atoms with Crippen LogP contribution in [0.2, 0.25) is 0 Å². The summed E-state index contributed by atoms with van der Waals surface area (Å²) >= 11 is 1.05. The van der Waals surface area contributed by atoms with Crippen LogP contribution < -0.4 is 10.1 Å². The van der Waals surface area contributed by atoms with Crippen LogP contribution in [-0.2, 0) is 4.79 Å². The van der Waals surface area contributed by atoms with E-state index in [1.54, 1.807) is 36.4 Å². The van der Waals surface area contributed by atoms with Gasteiger partial charge in [0.1, 0.15) is 5.40 Å². The van der Waals surface area contributed by atoms with Crippen LogP contribution in [0, 0.1) is 20.8 Å². The van der Waals surface area contributed by atoms with E-state index in [-0.39, 0.29) is 30.4 Å². The number of nitriles is 1. The van der Waals surface area contributed by atoms with Gasteiger partial charge in [-0.2, -0.15) is 5.26 Å². The van der Waals surface area contributed by atoms with Gasteiger partial charge in [0.2, 0.25) is 5.91 Å². The summed E-state index contributed by atoms with van der Waals surface area (Å²) in [6.07, 6.45) is 0.662. The quantitative estimate of drug-likeness (QED) is 0.252. The number of thioether (sulfide) groups is 1. The maximum Gasteiger partial charge on any atom is 0.310 e. The molecule has 0 aliphatic rings. The first kappa shape index (κ1) is 18.3. The molecule has 128 valence electrons. The fourth-order valence-corrected chi connectivity index (χ4v) is 2.40. The van der Waals surface area contributed by atoms with E-state index in [9.17, 15) is 14.9 Å². The van der Waals surface area contributed by atoms with Gasteiger partial charge in [0, 0.05) is 23.1 Å². The number of benzene rings is 2. The minimum absolute atomic E-state index is 0.0951. The fraction of sp³-hybridized carbons (Fsp3) is 0.176. The highest BCUT2D eigenvalue weighted by Gasteiger charge is 2.13. The lowest BCUT2D eigenvalue weighted by Crippen LogP contribution is -2.12. The number of nitro benzene ring substituents is 1. The van der Waals surface area contributed by atoms with E-state index in [1.807, 2.05) is 5.40 Å². The minimum atomic E-state index is -0.504. The van der Waals surface area contributed by atoms with Crippen LogP contribution >= 0.6 is 11.8 Å². The minimum Gasteiger partial charge on any atom is -0.487 e. The Bertz CT molecular complexity index is 787. The number of para-hydroxylation sites is 2. The van der Waals surface area contributed by atoms with Crippen molar-refractivity contribution in [1.29, 1.82) is 5.26 Å². The molecule has 0 saturated carbocycles. The third-order valence-electron chi connectivity index (χ3n) is 3.17. The molecule has 2 rings (SSSR count). The highest BCUT2D eigenvalue weighted by molar-refractivity contribution is 8.03. The molecular formula is C17H15N3O4S. The van der Waals surface area contributed by atoms with Gasteiger partial charge in [-0.3, -0.25) is 14.9 Å². The molecule has 0 heterocycles. The highest BCUT2D eigenvalue weighted by atomic mass is 32.2. The Hall–Kier alpha value is -3.05. The van der Waals surface area contributed by atoms with Crippen LogP contribution in [0.15, 0.2) is 53.4 Å². The second kappa shape index (κ2) is 9.30. The van der Waals surface area contributed by atoms with E-state index in [2.05, 4.69) is 5.32 Å². The number of rotatable bonds is 8. The summed E-state index contributed by atoms with van der Waals surface area (Å²) in [5.41, 5.74) is 0.550. The summed E-state index contributed by atoms with van der Waals surface area (Å²) in [6.45, 7) is 0.204. The standard InChI is InChI=1S/C17H15N3O4S/c18-12-25-14-9-7-13(8-10-14)19-17(21)6-3-11-24-16-5-2-1-4-15(16)20(22)23/h1-2,4-5,7-10H,3,6,11H2,(H,19,21). The zero-order valence-corrected chi connectivity index (χ0v) is 14.0. The first-order valence-corrected chi connectivity index (χ1v) is 8.24. The maximum atomic E-state index is 11.9. The third-order valence-corrected chi connectivity index (χ3v) is 3.77. The van der Waals surface area contributed by atoms with Crippen molar-refractivity contribution in [1.82, 2.24) is 0 Å². The molecule has 7 nitrogen and oxygen atoms in total. The summed E-state index contributed by atoms with van der Waals surface area (Å²) in [6, 6.07) is 13.1. The van der Waals surface area contributed by atoms with Gasteiger partial charge < -0.3 is 10.1 Å². The number of hydrogen-bond donors (Lipinski definition) is 1. The van der Waals surface area contributed by atoms with Gasteiger partial charge in [-0.15, -0.1) is 0 Å². The monoisotopic (exact) mass is 357 g/mol. The van der Waals surface area contributed by atoms with Gasteiger partial charge in [0.25, 0.3) is 0 Å². The normalized spacial score (nSPS) is 9.88. The summed E-state index contributed by atoms with van der Waals surface area (Å²) in [7, 11) is 0. The van der Waals surface area contributed by atoms with E-state index < -0.39 is 4.92 Å². The summed E-state index contributed by atoms with van der Waals surface area (Å²) in [5, 5.41) is 24.2. The second-order valence-electron chi connectivity index (χ2n) is 4.94. The Morgan fingerprint density at radius 2 is 1.96 bits per heavy atom. The number of nitrogens with zero attached hydrogens (tertiary/aromatic N) is 2. The molecule has 0 bridgehead atoms. The van der Waals surface area contributed by atoms with Gasteiger partial charge in [-0.25, -0.2) is 0 Å². The number of hydrogen-bond acceptors (Lipinski definition) is 6. The first-order chi connectivity index (χ1) is 12.1. The predicted molar refractivity (Wildman–Crippen MR) is 94.4 cm³/mol. The lowest BCUT2D eigenvalue weighted by atomic mass is 10.2. The molecule has 0 aromatic heterocycles. The van der Waals surface area contributed by atoms with Gasteiger partial charge in [-0.1, -0.05) is 12.1 Å². The highest BCUT2D eigenvalue weighted by Crippen LogP contribution is 2.26. The zero-order valence-electron chi connectivity index (χ0n) is 13.2. The van der Waals surface area contributed by atoms with E-state index in [0.29, 0.717) is 12.1 Å². The van der Waals surface area contributed by atoms with Gasteiger partial charge in [0.05, 0.1) is 11.5 Å². The topological polar surface area (TPSA) is 105 Å². The maximum absolute atomic E-state index is 11.9. The summed E-state index contributed by atoms with van der Waals surface area (Å²) in [5.74, 6) is 0.0188. The van der Waals surface area contributed by atoms with E-state index >= 15 is 0 Å². The SMILES string of the molecule is N#CSc1ccc(NC(=O)CCCOc2ccccc2[N+](=O)[O-])cc1. The Labute approximate surface area is 148 Å². The first-order valence-electron chi connectivity index (χ1n) is 7.42. The smallest absolute Gasteiger partial charge is 0.310 e. The number of ether oxygens (including phenoxy) is 1. The van der Waals surface area contributed by atoms with Crippen molar-refractivity contribution in [3.63, 3.8) is 0 Å². The Morgan fingerprint density at radius 3 is 2.64 bits per heavy atom. The Balaban J connectivity index is 1.76. The lowest BCUT2D eigenvalue weighted by molar-refractivity contribution is -0.385. The average Bonchev–Trinajstić information content (AvgIpc) is 2.61. The summed E-state index contributed by atoms with van der Waals surface area (Å²) < 4.78 is 5.39. The van der Waals surface area contributed by atoms with Crippen molar-refractivity contribution in [3.05, 3.63) is 58.6 Å². The van der Waals surface area contributed by atoms with Gasteiger partial charge in [-0.05, 0) is 48.5 Å². The fourth-order valence-electron chi connectivity index (χ4n) is 2.03. The second-order valence-corrected chi connectivity index (χ2v) is 5.80. The number of nitro groups is 1. The van der Waals surface area contributed by atoms with Crippen molar-refractivity contribution in [2.75, 3.05) is 11.9 Å². The Kier molecular flexibility index (Phi) is 6.80. The van der Waals surface area contributed by atoms with Gasteiger partial charge in [0.15, 0.2) is 5.75 Å². The number of carbonyl (C=O) groups is 1. The molecule has 2 aromatic carbocycles. The van der Waals surface area contributed by atoms with E-state index in [4.69, 9.17) is 10.00 Å². The molecule has 25 heavy (non-hydrogen) atoms. The van der Waals surface area contributed by atoms with Crippen LogP contribution in [0.5, 0.6) is 5.75 Å². The summed E-state index contributed by atoms with van der Waals surface area (Å²) in [4.78, 5) is 23.1. The Morgan fingerprint density at radius 1 is 1.24 bits per heavy atom. The molecule has 0 saturated heterocycles. The van der Waals surface area contributed by atoms with Crippen molar-refractivity contribution in [3.8, 4) is 11.2 Å². The molecule has 0 aliphatic heterocycles. The molecule has 0 unspecified atom stereocenters. The molecular weight excluding hydrogens is 342 g/mol. The van der Waals surface area contributed by atoms with Crippen molar-refractivity contribution in [2.24, 2.45) is 0 Å². The molecule has 1 amide bonds. The molecule has 0 radical (unpaired) electrons. The van der Waals surface area contributed by atoms with Crippen LogP contribution in [0.25, 0.3) is 0 Å². The van der Waals surface area contributed by atoms with Crippen LogP contribution in [0.1, 0.15) is 12.8 Å². The number of nitrogens with one attached hydrogen (secondary N) is 1. The molecule has 1 N–H and O–H groups in total. The van der Waals surface area contributed by atoms with Crippen LogP contribution in [-0.4, -0.2) is 17.4 Å². The molecule has 0 spiro atoms. The number of amides is 1. The van der Waals surface area contributed by atoms with Crippen molar-refractivity contribution in [2.45, 2.75) is 17.7 Å².